The first-order valence-electron chi connectivity index (χ1n) is 6.69. The second-order valence-corrected chi connectivity index (χ2v) is 7.18. The third kappa shape index (κ3) is 3.37. The quantitative estimate of drug-likeness (QED) is 0.913. The Balaban J connectivity index is 2.21. The van der Waals surface area contributed by atoms with Gasteiger partial charge in [0.05, 0.1) is 17.2 Å². The van der Waals surface area contributed by atoms with E-state index in [0.29, 0.717) is 5.76 Å². The maximum atomic E-state index is 12.2. The van der Waals surface area contributed by atoms with Gasteiger partial charge in [-0.3, -0.25) is 4.79 Å². The molecule has 2 rings (SSSR count). The molecule has 1 amide bonds. The zero-order valence-corrected chi connectivity index (χ0v) is 13.4. The molecule has 0 aliphatic carbocycles. The molecule has 1 aromatic heterocycles. The van der Waals surface area contributed by atoms with Gasteiger partial charge >= 0.3 is 0 Å². The van der Waals surface area contributed by atoms with Crippen LogP contribution in [0.5, 0.6) is 0 Å². The van der Waals surface area contributed by atoms with Crippen LogP contribution in [0.2, 0.25) is 0 Å². The molecule has 1 unspecified atom stereocenters. The van der Waals surface area contributed by atoms with Crippen LogP contribution in [0.25, 0.3) is 0 Å². The van der Waals surface area contributed by atoms with E-state index in [4.69, 9.17) is 4.42 Å². The van der Waals surface area contributed by atoms with Crippen LogP contribution >= 0.6 is 0 Å². The van der Waals surface area contributed by atoms with Crippen molar-refractivity contribution in [3.63, 3.8) is 0 Å². The third-order valence-corrected chi connectivity index (χ3v) is 5.00. The van der Waals surface area contributed by atoms with E-state index in [9.17, 15) is 13.2 Å². The van der Waals surface area contributed by atoms with Crippen molar-refractivity contribution in [3.8, 4) is 0 Å². The molecule has 0 aliphatic rings. The fourth-order valence-corrected chi connectivity index (χ4v) is 2.85. The first-order valence-corrected chi connectivity index (χ1v) is 8.13. The van der Waals surface area contributed by atoms with Crippen molar-refractivity contribution in [1.29, 1.82) is 0 Å². The van der Waals surface area contributed by atoms with E-state index in [1.165, 1.54) is 32.5 Å². The Bertz CT molecular complexity index is 752. The SMILES string of the molecule is CC(NC(=O)c1cccc(S(=O)(=O)N(C)C)c1)c1ccco1. The standard InChI is InChI=1S/C15H18N2O4S/c1-11(14-8-5-9-21-14)16-15(18)12-6-4-7-13(10-12)22(19,20)17(2)3/h4-11H,1-3H3,(H,16,18). The summed E-state index contributed by atoms with van der Waals surface area (Å²) in [5, 5.41) is 2.77. The van der Waals surface area contributed by atoms with Crippen molar-refractivity contribution in [2.75, 3.05) is 14.1 Å². The Morgan fingerprint density at radius 1 is 1.23 bits per heavy atom. The maximum Gasteiger partial charge on any atom is 0.251 e. The van der Waals surface area contributed by atoms with Crippen LogP contribution in [-0.2, 0) is 10.0 Å². The van der Waals surface area contributed by atoms with E-state index in [2.05, 4.69) is 5.32 Å². The average molecular weight is 322 g/mol. The van der Waals surface area contributed by atoms with Crippen molar-refractivity contribution in [3.05, 3.63) is 54.0 Å². The highest BCUT2D eigenvalue weighted by molar-refractivity contribution is 7.89. The number of hydrogen-bond acceptors (Lipinski definition) is 4. The van der Waals surface area contributed by atoms with Crippen molar-refractivity contribution >= 4 is 15.9 Å². The monoisotopic (exact) mass is 322 g/mol. The van der Waals surface area contributed by atoms with E-state index in [1.807, 2.05) is 0 Å². The summed E-state index contributed by atoms with van der Waals surface area (Å²) in [6, 6.07) is 9.13. The smallest absolute Gasteiger partial charge is 0.251 e. The van der Waals surface area contributed by atoms with Crippen molar-refractivity contribution in [2.45, 2.75) is 17.9 Å². The molecular formula is C15H18N2O4S. The van der Waals surface area contributed by atoms with Gasteiger partial charge < -0.3 is 9.73 Å². The summed E-state index contributed by atoms with van der Waals surface area (Å²) in [5.74, 6) is 0.269. The van der Waals surface area contributed by atoms with Gasteiger partial charge in [-0.1, -0.05) is 6.07 Å². The normalized spacial score (nSPS) is 13.1. The molecule has 1 aromatic carbocycles. The van der Waals surface area contributed by atoms with Gasteiger partial charge in [-0.2, -0.15) is 0 Å². The molecule has 0 aliphatic heterocycles. The number of nitrogens with one attached hydrogen (secondary N) is 1. The summed E-state index contributed by atoms with van der Waals surface area (Å²) < 4.78 is 30.5. The molecule has 1 heterocycles. The van der Waals surface area contributed by atoms with Gasteiger partial charge in [0.1, 0.15) is 5.76 Å². The lowest BCUT2D eigenvalue weighted by Crippen LogP contribution is -2.27. The van der Waals surface area contributed by atoms with E-state index in [1.54, 1.807) is 31.2 Å². The Hall–Kier alpha value is -2.12. The molecule has 0 radical (unpaired) electrons. The molecule has 22 heavy (non-hydrogen) atoms. The van der Waals surface area contributed by atoms with Crippen molar-refractivity contribution in [1.82, 2.24) is 9.62 Å². The van der Waals surface area contributed by atoms with E-state index in [-0.39, 0.29) is 22.4 Å². The van der Waals surface area contributed by atoms with Crippen LogP contribution < -0.4 is 5.32 Å². The van der Waals surface area contributed by atoms with Gasteiger partial charge in [-0.05, 0) is 37.3 Å². The molecule has 0 saturated carbocycles. The molecule has 118 valence electrons. The summed E-state index contributed by atoms with van der Waals surface area (Å²) in [4.78, 5) is 12.3. The molecule has 7 heteroatoms. The van der Waals surface area contributed by atoms with Gasteiger partial charge in [0.15, 0.2) is 0 Å². The number of sulfonamides is 1. The van der Waals surface area contributed by atoms with Gasteiger partial charge in [0.25, 0.3) is 5.91 Å². The molecule has 2 aromatic rings. The van der Waals surface area contributed by atoms with Crippen LogP contribution in [0.1, 0.15) is 29.1 Å². The zero-order chi connectivity index (χ0) is 16.3. The Morgan fingerprint density at radius 2 is 1.95 bits per heavy atom. The second-order valence-electron chi connectivity index (χ2n) is 5.03. The van der Waals surface area contributed by atoms with Gasteiger partial charge in [-0.25, -0.2) is 12.7 Å². The highest BCUT2D eigenvalue weighted by Gasteiger charge is 2.19. The highest BCUT2D eigenvalue weighted by Crippen LogP contribution is 2.17. The van der Waals surface area contributed by atoms with E-state index < -0.39 is 10.0 Å². The minimum Gasteiger partial charge on any atom is -0.467 e. The summed E-state index contributed by atoms with van der Waals surface area (Å²) in [7, 11) is -0.679. The van der Waals surface area contributed by atoms with Gasteiger partial charge in [0.2, 0.25) is 10.0 Å². The summed E-state index contributed by atoms with van der Waals surface area (Å²) in [6.45, 7) is 1.79. The molecule has 1 atom stereocenters. The first-order chi connectivity index (χ1) is 10.3. The van der Waals surface area contributed by atoms with Crippen LogP contribution in [0.15, 0.2) is 52.0 Å². The Morgan fingerprint density at radius 3 is 2.55 bits per heavy atom. The van der Waals surface area contributed by atoms with Gasteiger partial charge in [0, 0.05) is 19.7 Å². The number of furan rings is 1. The Kier molecular flexibility index (Phi) is 4.68. The zero-order valence-electron chi connectivity index (χ0n) is 12.6. The highest BCUT2D eigenvalue weighted by atomic mass is 32.2. The number of rotatable bonds is 5. The largest absolute Gasteiger partial charge is 0.467 e. The number of nitrogens with zero attached hydrogens (tertiary/aromatic N) is 1. The number of benzene rings is 1. The summed E-state index contributed by atoms with van der Waals surface area (Å²) in [6.07, 6.45) is 1.53. The lowest BCUT2D eigenvalue weighted by Gasteiger charge is -2.14. The van der Waals surface area contributed by atoms with Crippen LogP contribution in [0.3, 0.4) is 0 Å². The molecule has 0 saturated heterocycles. The van der Waals surface area contributed by atoms with Crippen LogP contribution in [0, 0.1) is 0 Å². The van der Waals surface area contributed by atoms with Gasteiger partial charge in [-0.15, -0.1) is 0 Å². The van der Waals surface area contributed by atoms with Crippen LogP contribution in [0.4, 0.5) is 0 Å². The molecular weight excluding hydrogens is 304 g/mol. The molecule has 6 nitrogen and oxygen atoms in total. The first kappa shape index (κ1) is 16.3. The average Bonchev–Trinajstić information content (AvgIpc) is 3.01. The minimum absolute atomic E-state index is 0.0794. The Labute approximate surface area is 129 Å². The molecule has 1 N–H and O–H groups in total. The minimum atomic E-state index is -3.57. The fourth-order valence-electron chi connectivity index (χ4n) is 1.90. The summed E-state index contributed by atoms with van der Waals surface area (Å²) >= 11 is 0. The second kappa shape index (κ2) is 6.33. The topological polar surface area (TPSA) is 79.6 Å². The van der Waals surface area contributed by atoms with Crippen LogP contribution in [-0.4, -0.2) is 32.7 Å². The number of carbonyl (C=O) groups excluding carboxylic acids is 1. The predicted molar refractivity (Wildman–Crippen MR) is 81.9 cm³/mol. The van der Waals surface area contributed by atoms with Crippen molar-refractivity contribution in [2.24, 2.45) is 0 Å². The molecule has 0 spiro atoms. The summed E-state index contributed by atoms with van der Waals surface area (Å²) in [5.41, 5.74) is 0.279. The molecule has 0 fully saturated rings. The number of carbonyl (C=O) groups is 1. The third-order valence-electron chi connectivity index (χ3n) is 3.19. The number of hydrogen-bond donors (Lipinski definition) is 1. The number of amides is 1. The van der Waals surface area contributed by atoms with E-state index >= 15 is 0 Å². The lowest BCUT2D eigenvalue weighted by atomic mass is 10.2. The van der Waals surface area contributed by atoms with Crippen molar-refractivity contribution < 1.29 is 17.6 Å². The fraction of sp³-hybridized carbons (Fsp3) is 0.267. The maximum absolute atomic E-state index is 12.2. The molecule has 0 bridgehead atoms. The predicted octanol–water partition coefficient (Wildman–Crippen LogP) is 2.02. The lowest BCUT2D eigenvalue weighted by molar-refractivity contribution is 0.0935. The van der Waals surface area contributed by atoms with E-state index in [0.717, 1.165) is 4.31 Å².